The summed E-state index contributed by atoms with van der Waals surface area (Å²) in [5, 5.41) is 3.04. The fraction of sp³-hybridized carbons (Fsp3) is 0.261. The molecule has 2 aromatic carbocycles. The van der Waals surface area contributed by atoms with Gasteiger partial charge in [-0.25, -0.2) is 4.79 Å². The van der Waals surface area contributed by atoms with E-state index in [-0.39, 0.29) is 12.1 Å². The van der Waals surface area contributed by atoms with Crippen molar-refractivity contribution in [2.24, 2.45) is 0 Å². The molecule has 28 heavy (non-hydrogen) atoms. The second-order valence-corrected chi connectivity index (χ2v) is 7.02. The number of hydrogen-bond donors (Lipinski definition) is 1. The Morgan fingerprint density at radius 1 is 1.07 bits per heavy atom. The summed E-state index contributed by atoms with van der Waals surface area (Å²) in [6, 6.07) is 19.8. The van der Waals surface area contributed by atoms with Gasteiger partial charge in [-0.1, -0.05) is 29.8 Å². The van der Waals surface area contributed by atoms with Gasteiger partial charge in [-0.2, -0.15) is 0 Å². The molecule has 144 valence electrons. The first-order valence-corrected chi connectivity index (χ1v) is 9.68. The maximum absolute atomic E-state index is 13.1. The van der Waals surface area contributed by atoms with Gasteiger partial charge in [0, 0.05) is 30.7 Å². The zero-order chi connectivity index (χ0) is 19.5. The summed E-state index contributed by atoms with van der Waals surface area (Å²) in [6.07, 6.45) is 2.08. The minimum atomic E-state index is -0.105. The first-order chi connectivity index (χ1) is 13.7. The van der Waals surface area contributed by atoms with Gasteiger partial charge in [0.15, 0.2) is 0 Å². The standard InChI is InChI=1S/C23H25N3O2/c1-3-28-20-12-10-19(11-13-20)24-23(27)26-16-15-25-14-4-5-21(25)22(26)18-8-6-17(2)7-9-18/h4-14,22H,3,15-16H2,1-2H3,(H,24,27)/t22-/m1/s1. The van der Waals surface area contributed by atoms with Crippen LogP contribution >= 0.6 is 0 Å². The van der Waals surface area contributed by atoms with Crippen LogP contribution in [-0.2, 0) is 6.54 Å². The summed E-state index contributed by atoms with van der Waals surface area (Å²) in [6.45, 7) is 6.10. The molecule has 0 saturated heterocycles. The summed E-state index contributed by atoms with van der Waals surface area (Å²) in [5.41, 5.74) is 4.22. The van der Waals surface area contributed by atoms with E-state index in [0.29, 0.717) is 13.2 Å². The van der Waals surface area contributed by atoms with Crippen LogP contribution in [0.4, 0.5) is 10.5 Å². The molecular weight excluding hydrogens is 350 g/mol. The average Bonchev–Trinajstić information content (AvgIpc) is 3.18. The third kappa shape index (κ3) is 3.60. The third-order valence-electron chi connectivity index (χ3n) is 5.11. The molecule has 1 N–H and O–H groups in total. The van der Waals surface area contributed by atoms with E-state index in [1.54, 1.807) is 0 Å². The summed E-state index contributed by atoms with van der Waals surface area (Å²) in [4.78, 5) is 15.0. The molecule has 0 bridgehead atoms. The van der Waals surface area contributed by atoms with Crippen molar-refractivity contribution in [3.63, 3.8) is 0 Å². The normalized spacial score (nSPS) is 15.8. The number of ether oxygens (including phenoxy) is 1. The Balaban J connectivity index is 1.59. The Morgan fingerprint density at radius 3 is 2.54 bits per heavy atom. The topological polar surface area (TPSA) is 46.5 Å². The molecular formula is C23H25N3O2. The van der Waals surface area contributed by atoms with Crippen LogP contribution in [-0.4, -0.2) is 28.6 Å². The maximum atomic E-state index is 13.1. The van der Waals surface area contributed by atoms with Crippen molar-refractivity contribution < 1.29 is 9.53 Å². The Morgan fingerprint density at radius 2 is 1.82 bits per heavy atom. The van der Waals surface area contributed by atoms with Gasteiger partial charge in [-0.15, -0.1) is 0 Å². The minimum Gasteiger partial charge on any atom is -0.494 e. The molecule has 1 aliphatic heterocycles. The van der Waals surface area contributed by atoms with Crippen molar-refractivity contribution in [3.8, 4) is 5.75 Å². The molecule has 1 atom stereocenters. The molecule has 0 unspecified atom stereocenters. The van der Waals surface area contributed by atoms with E-state index in [0.717, 1.165) is 29.2 Å². The second kappa shape index (κ2) is 7.80. The van der Waals surface area contributed by atoms with Gasteiger partial charge in [0.1, 0.15) is 5.75 Å². The summed E-state index contributed by atoms with van der Waals surface area (Å²) in [7, 11) is 0. The third-order valence-corrected chi connectivity index (χ3v) is 5.11. The summed E-state index contributed by atoms with van der Waals surface area (Å²) < 4.78 is 7.70. The van der Waals surface area contributed by atoms with Crippen molar-refractivity contribution in [2.75, 3.05) is 18.5 Å². The number of benzene rings is 2. The van der Waals surface area contributed by atoms with E-state index in [1.165, 1.54) is 5.56 Å². The lowest BCUT2D eigenvalue weighted by Crippen LogP contribution is -2.44. The summed E-state index contributed by atoms with van der Waals surface area (Å²) >= 11 is 0. The fourth-order valence-electron chi connectivity index (χ4n) is 3.70. The lowest BCUT2D eigenvalue weighted by Gasteiger charge is -2.37. The SMILES string of the molecule is CCOc1ccc(NC(=O)N2CCn3cccc3[C@H]2c2ccc(C)cc2)cc1. The van der Waals surface area contributed by atoms with Crippen LogP contribution in [0.15, 0.2) is 66.9 Å². The van der Waals surface area contributed by atoms with Crippen LogP contribution in [0.1, 0.15) is 29.8 Å². The molecule has 4 rings (SSSR count). The molecule has 0 aliphatic carbocycles. The molecule has 2 amide bonds. The lowest BCUT2D eigenvalue weighted by molar-refractivity contribution is 0.182. The van der Waals surface area contributed by atoms with Crippen molar-refractivity contribution in [2.45, 2.75) is 26.4 Å². The lowest BCUT2D eigenvalue weighted by atomic mass is 9.99. The Hall–Kier alpha value is -3.21. The number of fused-ring (bicyclic) bond motifs is 1. The molecule has 2 heterocycles. The van der Waals surface area contributed by atoms with Gasteiger partial charge in [0.25, 0.3) is 0 Å². The maximum Gasteiger partial charge on any atom is 0.322 e. The number of nitrogens with zero attached hydrogens (tertiary/aromatic N) is 2. The average molecular weight is 375 g/mol. The highest BCUT2D eigenvalue weighted by atomic mass is 16.5. The smallest absolute Gasteiger partial charge is 0.322 e. The van der Waals surface area contributed by atoms with Crippen LogP contribution < -0.4 is 10.1 Å². The van der Waals surface area contributed by atoms with Crippen molar-refractivity contribution in [1.82, 2.24) is 9.47 Å². The van der Waals surface area contributed by atoms with E-state index >= 15 is 0 Å². The van der Waals surface area contributed by atoms with Crippen molar-refractivity contribution >= 4 is 11.7 Å². The quantitative estimate of drug-likeness (QED) is 0.710. The zero-order valence-electron chi connectivity index (χ0n) is 16.3. The first-order valence-electron chi connectivity index (χ1n) is 9.68. The first kappa shape index (κ1) is 18.2. The molecule has 0 spiro atoms. The molecule has 3 aromatic rings. The molecule has 1 aromatic heterocycles. The molecule has 1 aliphatic rings. The highest BCUT2D eigenvalue weighted by molar-refractivity contribution is 5.90. The van der Waals surface area contributed by atoms with E-state index in [4.69, 9.17) is 4.74 Å². The predicted octanol–water partition coefficient (Wildman–Crippen LogP) is 4.83. The van der Waals surface area contributed by atoms with E-state index in [2.05, 4.69) is 53.3 Å². The Kier molecular flexibility index (Phi) is 5.06. The van der Waals surface area contributed by atoms with Gasteiger partial charge in [-0.3, -0.25) is 0 Å². The van der Waals surface area contributed by atoms with E-state index < -0.39 is 0 Å². The van der Waals surface area contributed by atoms with Crippen LogP contribution in [0.3, 0.4) is 0 Å². The van der Waals surface area contributed by atoms with Crippen molar-refractivity contribution in [3.05, 3.63) is 83.7 Å². The monoisotopic (exact) mass is 375 g/mol. The molecule has 0 fully saturated rings. The number of aryl methyl sites for hydroxylation is 1. The van der Waals surface area contributed by atoms with Crippen LogP contribution in [0.2, 0.25) is 0 Å². The van der Waals surface area contributed by atoms with Gasteiger partial charge in [-0.05, 0) is 55.8 Å². The molecule has 0 radical (unpaired) electrons. The largest absolute Gasteiger partial charge is 0.494 e. The highest BCUT2D eigenvalue weighted by Gasteiger charge is 2.32. The molecule has 0 saturated carbocycles. The highest BCUT2D eigenvalue weighted by Crippen LogP contribution is 2.33. The van der Waals surface area contributed by atoms with Crippen molar-refractivity contribution in [1.29, 1.82) is 0 Å². The van der Waals surface area contributed by atoms with Crippen LogP contribution in [0.25, 0.3) is 0 Å². The number of aromatic nitrogens is 1. The number of urea groups is 1. The van der Waals surface area contributed by atoms with Gasteiger partial charge < -0.3 is 19.5 Å². The Labute approximate surface area is 165 Å². The molecule has 5 heteroatoms. The number of nitrogens with one attached hydrogen (secondary N) is 1. The summed E-state index contributed by atoms with van der Waals surface area (Å²) in [5.74, 6) is 0.800. The van der Waals surface area contributed by atoms with Gasteiger partial charge in [0.2, 0.25) is 0 Å². The number of rotatable bonds is 4. The van der Waals surface area contributed by atoms with Gasteiger partial charge in [0.05, 0.1) is 12.6 Å². The number of hydrogen-bond acceptors (Lipinski definition) is 2. The molecule has 5 nitrogen and oxygen atoms in total. The minimum absolute atomic E-state index is 0.0952. The van der Waals surface area contributed by atoms with Crippen LogP contribution in [0, 0.1) is 6.92 Å². The second-order valence-electron chi connectivity index (χ2n) is 7.02. The van der Waals surface area contributed by atoms with E-state index in [1.807, 2.05) is 42.2 Å². The zero-order valence-corrected chi connectivity index (χ0v) is 16.3. The number of anilines is 1. The number of carbonyl (C=O) groups excluding carboxylic acids is 1. The fourth-order valence-corrected chi connectivity index (χ4v) is 3.70. The predicted molar refractivity (Wildman–Crippen MR) is 111 cm³/mol. The Bertz CT molecular complexity index is 945. The number of amides is 2. The van der Waals surface area contributed by atoms with Crippen LogP contribution in [0.5, 0.6) is 5.75 Å². The number of carbonyl (C=O) groups is 1. The van der Waals surface area contributed by atoms with E-state index in [9.17, 15) is 4.79 Å². The van der Waals surface area contributed by atoms with Gasteiger partial charge >= 0.3 is 6.03 Å².